The van der Waals surface area contributed by atoms with Crippen LogP contribution < -0.4 is 16.0 Å². The van der Waals surface area contributed by atoms with Crippen molar-refractivity contribution in [3.8, 4) is 0 Å². The minimum atomic E-state index is -0.0635. The summed E-state index contributed by atoms with van der Waals surface area (Å²) in [6.45, 7) is 4.66. The SMILES string of the molecule is Cc1cccc(C(CNC(=O)NC2CCNCC2)N(C)C)c1. The standard InChI is InChI=1S/C17H28N4O/c1-13-5-4-6-14(11-13)16(21(2)3)12-19-17(22)20-15-7-9-18-10-8-15/h4-6,11,15-16,18H,7-10,12H2,1-3H3,(H2,19,20,22). The van der Waals surface area contributed by atoms with Gasteiger partial charge in [-0.3, -0.25) is 0 Å². The largest absolute Gasteiger partial charge is 0.336 e. The molecule has 1 unspecified atom stereocenters. The molecule has 22 heavy (non-hydrogen) atoms. The van der Waals surface area contributed by atoms with Gasteiger partial charge in [-0.15, -0.1) is 0 Å². The van der Waals surface area contributed by atoms with Crippen molar-refractivity contribution < 1.29 is 4.79 Å². The molecule has 5 nitrogen and oxygen atoms in total. The van der Waals surface area contributed by atoms with Gasteiger partial charge in [-0.05, 0) is 52.5 Å². The number of hydrogen-bond donors (Lipinski definition) is 3. The highest BCUT2D eigenvalue weighted by molar-refractivity contribution is 5.74. The van der Waals surface area contributed by atoms with Crippen molar-refractivity contribution in [1.82, 2.24) is 20.9 Å². The normalized spacial score (nSPS) is 17.3. The van der Waals surface area contributed by atoms with Gasteiger partial charge >= 0.3 is 6.03 Å². The van der Waals surface area contributed by atoms with Crippen LogP contribution in [0.4, 0.5) is 4.79 Å². The first kappa shape index (κ1) is 16.8. The third-order valence-electron chi connectivity index (χ3n) is 4.18. The van der Waals surface area contributed by atoms with E-state index >= 15 is 0 Å². The molecule has 2 amide bonds. The Bertz CT molecular complexity index is 483. The van der Waals surface area contributed by atoms with Crippen LogP contribution in [0.2, 0.25) is 0 Å². The number of urea groups is 1. The molecular weight excluding hydrogens is 276 g/mol. The number of hydrogen-bond acceptors (Lipinski definition) is 3. The molecule has 1 fully saturated rings. The zero-order chi connectivity index (χ0) is 15.9. The predicted octanol–water partition coefficient (Wildman–Crippen LogP) is 1.65. The third-order valence-corrected chi connectivity index (χ3v) is 4.18. The summed E-state index contributed by atoms with van der Waals surface area (Å²) in [5, 5.41) is 9.39. The fourth-order valence-corrected chi connectivity index (χ4v) is 2.87. The van der Waals surface area contributed by atoms with Crippen LogP contribution in [0.5, 0.6) is 0 Å². The number of nitrogens with zero attached hydrogens (tertiary/aromatic N) is 1. The molecule has 1 saturated heterocycles. The minimum absolute atomic E-state index is 0.0635. The van der Waals surface area contributed by atoms with E-state index in [4.69, 9.17) is 0 Å². The molecule has 0 bridgehead atoms. The lowest BCUT2D eigenvalue weighted by atomic mass is 10.0. The maximum absolute atomic E-state index is 12.1. The fraction of sp³-hybridized carbons (Fsp3) is 0.588. The van der Waals surface area contributed by atoms with E-state index in [9.17, 15) is 4.79 Å². The summed E-state index contributed by atoms with van der Waals surface area (Å²) in [6, 6.07) is 8.85. The zero-order valence-corrected chi connectivity index (χ0v) is 13.9. The van der Waals surface area contributed by atoms with E-state index < -0.39 is 0 Å². The van der Waals surface area contributed by atoms with E-state index in [-0.39, 0.29) is 18.1 Å². The van der Waals surface area contributed by atoms with Crippen LogP contribution in [0, 0.1) is 6.92 Å². The molecule has 3 N–H and O–H groups in total. The van der Waals surface area contributed by atoms with Gasteiger partial charge in [-0.2, -0.15) is 0 Å². The second-order valence-electron chi connectivity index (χ2n) is 6.27. The molecule has 0 spiro atoms. The van der Waals surface area contributed by atoms with Crippen LogP contribution in [0.1, 0.15) is 30.0 Å². The third kappa shape index (κ3) is 5.00. The lowest BCUT2D eigenvalue weighted by Gasteiger charge is -2.27. The number of aryl methyl sites for hydroxylation is 1. The van der Waals surface area contributed by atoms with Gasteiger partial charge in [0.2, 0.25) is 0 Å². The first-order valence-corrected chi connectivity index (χ1v) is 8.04. The summed E-state index contributed by atoms with van der Waals surface area (Å²) in [4.78, 5) is 14.2. The molecule has 0 saturated carbocycles. The van der Waals surface area contributed by atoms with E-state index in [2.05, 4.69) is 52.0 Å². The van der Waals surface area contributed by atoms with E-state index in [0.717, 1.165) is 25.9 Å². The Morgan fingerprint density at radius 3 is 2.73 bits per heavy atom. The molecule has 1 heterocycles. The van der Waals surface area contributed by atoms with Crippen molar-refractivity contribution in [3.63, 3.8) is 0 Å². The number of amides is 2. The summed E-state index contributed by atoms with van der Waals surface area (Å²) in [6.07, 6.45) is 2.00. The maximum Gasteiger partial charge on any atom is 0.315 e. The van der Waals surface area contributed by atoms with E-state index in [0.29, 0.717) is 6.54 Å². The average Bonchev–Trinajstić information content (AvgIpc) is 2.48. The van der Waals surface area contributed by atoms with Crippen molar-refractivity contribution in [2.24, 2.45) is 0 Å². The second kappa shape index (κ2) is 8.15. The highest BCUT2D eigenvalue weighted by atomic mass is 16.2. The number of carbonyl (C=O) groups excluding carboxylic acids is 1. The van der Waals surface area contributed by atoms with Gasteiger partial charge in [0.25, 0.3) is 0 Å². The topological polar surface area (TPSA) is 56.4 Å². The number of benzene rings is 1. The molecule has 1 atom stereocenters. The molecule has 0 aliphatic carbocycles. The predicted molar refractivity (Wildman–Crippen MR) is 90.0 cm³/mol. The molecule has 1 aliphatic heterocycles. The Kier molecular flexibility index (Phi) is 6.21. The van der Waals surface area contributed by atoms with Crippen molar-refractivity contribution >= 4 is 6.03 Å². The highest BCUT2D eigenvalue weighted by Gasteiger charge is 2.18. The second-order valence-corrected chi connectivity index (χ2v) is 6.27. The molecule has 1 aliphatic rings. The summed E-state index contributed by atoms with van der Waals surface area (Å²) in [7, 11) is 4.08. The van der Waals surface area contributed by atoms with Crippen LogP contribution >= 0.6 is 0 Å². The minimum Gasteiger partial charge on any atom is -0.336 e. The molecule has 0 radical (unpaired) electrons. The fourth-order valence-electron chi connectivity index (χ4n) is 2.87. The maximum atomic E-state index is 12.1. The highest BCUT2D eigenvalue weighted by Crippen LogP contribution is 2.18. The average molecular weight is 304 g/mol. The lowest BCUT2D eigenvalue weighted by molar-refractivity contribution is 0.226. The molecular formula is C17H28N4O. The monoisotopic (exact) mass is 304 g/mol. The summed E-state index contributed by atoms with van der Waals surface area (Å²) >= 11 is 0. The lowest BCUT2D eigenvalue weighted by Crippen LogP contribution is -2.48. The molecule has 5 heteroatoms. The summed E-state index contributed by atoms with van der Waals surface area (Å²) in [5.74, 6) is 0. The molecule has 2 rings (SSSR count). The number of rotatable bonds is 5. The van der Waals surface area contributed by atoms with Crippen LogP contribution in [0.3, 0.4) is 0 Å². The van der Waals surface area contributed by atoms with Crippen molar-refractivity contribution in [3.05, 3.63) is 35.4 Å². The van der Waals surface area contributed by atoms with Crippen molar-refractivity contribution in [1.29, 1.82) is 0 Å². The number of piperidine rings is 1. The zero-order valence-electron chi connectivity index (χ0n) is 13.9. The van der Waals surface area contributed by atoms with E-state index in [1.54, 1.807) is 0 Å². The Hall–Kier alpha value is -1.59. The molecule has 0 aromatic heterocycles. The van der Waals surface area contributed by atoms with E-state index in [1.165, 1.54) is 11.1 Å². The van der Waals surface area contributed by atoms with Crippen molar-refractivity contribution in [2.45, 2.75) is 31.8 Å². The van der Waals surface area contributed by atoms with Crippen LogP contribution in [0.15, 0.2) is 24.3 Å². The van der Waals surface area contributed by atoms with Gasteiger partial charge in [0.15, 0.2) is 0 Å². The smallest absolute Gasteiger partial charge is 0.315 e. The first-order valence-electron chi connectivity index (χ1n) is 8.04. The van der Waals surface area contributed by atoms with Gasteiger partial charge in [-0.1, -0.05) is 29.8 Å². The molecule has 1 aromatic rings. The van der Waals surface area contributed by atoms with Crippen molar-refractivity contribution in [2.75, 3.05) is 33.7 Å². The summed E-state index contributed by atoms with van der Waals surface area (Å²) in [5.41, 5.74) is 2.47. The van der Waals surface area contributed by atoms with Crippen LogP contribution in [0.25, 0.3) is 0 Å². The molecule has 1 aromatic carbocycles. The van der Waals surface area contributed by atoms with Crippen LogP contribution in [-0.4, -0.2) is 50.7 Å². The van der Waals surface area contributed by atoms with Gasteiger partial charge in [0, 0.05) is 12.6 Å². The Labute approximate surface area is 133 Å². The van der Waals surface area contributed by atoms with Crippen LogP contribution in [-0.2, 0) is 0 Å². The summed E-state index contributed by atoms with van der Waals surface area (Å²) < 4.78 is 0. The van der Waals surface area contributed by atoms with Gasteiger partial charge in [-0.25, -0.2) is 4.79 Å². The van der Waals surface area contributed by atoms with Gasteiger partial charge < -0.3 is 20.9 Å². The Morgan fingerprint density at radius 1 is 1.36 bits per heavy atom. The number of nitrogens with one attached hydrogen (secondary N) is 3. The quantitative estimate of drug-likeness (QED) is 0.775. The Morgan fingerprint density at radius 2 is 2.09 bits per heavy atom. The van der Waals surface area contributed by atoms with Gasteiger partial charge in [0.1, 0.15) is 0 Å². The Balaban J connectivity index is 1.87. The number of likely N-dealkylation sites (N-methyl/N-ethyl adjacent to an activating group) is 1. The van der Waals surface area contributed by atoms with Gasteiger partial charge in [0.05, 0.1) is 6.04 Å². The molecule has 122 valence electrons. The number of carbonyl (C=O) groups is 1. The van der Waals surface area contributed by atoms with E-state index in [1.807, 2.05) is 14.1 Å². The first-order chi connectivity index (χ1) is 10.6.